The average Bonchev–Trinajstić information content (AvgIpc) is 3.24. The van der Waals surface area contributed by atoms with E-state index >= 15 is 0 Å². The molecule has 14 heteroatoms. The van der Waals surface area contributed by atoms with Crippen LogP contribution in [-0.2, 0) is 0 Å². The number of carbonyl (C=O) groups excluding carboxylic acids is 4. The van der Waals surface area contributed by atoms with Crippen molar-refractivity contribution in [1.82, 2.24) is 0 Å². The molecule has 0 heterocycles. The first-order valence-electron chi connectivity index (χ1n) is 19.3. The number of benzene rings is 5. The van der Waals surface area contributed by atoms with Crippen molar-refractivity contribution < 1.29 is 68.8 Å². The quantitative estimate of drug-likeness (QED) is 0.0210. The van der Waals surface area contributed by atoms with E-state index in [2.05, 4.69) is 0 Å². The number of esters is 2. The molecule has 0 amide bonds. The highest BCUT2D eigenvalue weighted by Crippen LogP contribution is 2.45. The van der Waals surface area contributed by atoms with Crippen LogP contribution in [0.4, 0.5) is 0 Å². The van der Waals surface area contributed by atoms with E-state index in [4.69, 9.17) is 18.9 Å². The van der Waals surface area contributed by atoms with Gasteiger partial charge in [0.2, 0.25) is 28.8 Å². The number of carbonyl (C=O) groups is 4. The van der Waals surface area contributed by atoms with Gasteiger partial charge in [-0.25, -0.2) is 9.59 Å². The number of hydrogen-bond acceptors (Lipinski definition) is 14. The summed E-state index contributed by atoms with van der Waals surface area (Å²) < 4.78 is 23.3. The predicted molar refractivity (Wildman–Crippen MR) is 218 cm³/mol. The molecule has 0 saturated carbocycles. The Balaban J connectivity index is 1.51. The molecule has 6 N–H and O–H groups in total. The third-order valence-corrected chi connectivity index (χ3v) is 9.98. The summed E-state index contributed by atoms with van der Waals surface area (Å²) in [4.78, 5) is 54.9. The number of phenolic OH excluding ortho intramolecular Hbond substituents is 6. The molecule has 5 aromatic rings. The summed E-state index contributed by atoms with van der Waals surface area (Å²) >= 11 is 0. The van der Waals surface area contributed by atoms with Crippen molar-refractivity contribution in [3.05, 3.63) is 119 Å². The molecule has 0 aliphatic heterocycles. The first-order chi connectivity index (χ1) is 28.6. The van der Waals surface area contributed by atoms with E-state index < -0.39 is 86.5 Å². The summed E-state index contributed by atoms with van der Waals surface area (Å²) in [5, 5.41) is 64.8. The first-order valence-corrected chi connectivity index (χ1v) is 19.3. The largest absolute Gasteiger partial charge is 0.504 e. The fourth-order valence-electron chi connectivity index (χ4n) is 6.78. The molecule has 0 fully saturated rings. The minimum Gasteiger partial charge on any atom is -0.504 e. The number of rotatable bonds is 18. The van der Waals surface area contributed by atoms with Crippen LogP contribution in [-0.4, -0.2) is 65.3 Å². The highest BCUT2D eigenvalue weighted by Gasteiger charge is 2.43. The van der Waals surface area contributed by atoms with Crippen LogP contribution in [0.1, 0.15) is 108 Å². The molecule has 0 aromatic heterocycles. The van der Waals surface area contributed by atoms with Crippen LogP contribution in [0.15, 0.2) is 97.1 Å². The molecular weight excluding hydrogens is 776 g/mol. The van der Waals surface area contributed by atoms with Crippen molar-refractivity contribution in [3.8, 4) is 57.5 Å². The molecule has 0 radical (unpaired) electrons. The summed E-state index contributed by atoms with van der Waals surface area (Å²) in [6, 6.07) is 22.2. The van der Waals surface area contributed by atoms with Crippen molar-refractivity contribution in [1.29, 1.82) is 0 Å². The molecule has 14 nitrogen and oxygen atoms in total. The summed E-state index contributed by atoms with van der Waals surface area (Å²) in [6.07, 6.45) is 0.705. The molecule has 2 atom stereocenters. The maximum atomic E-state index is 14.6. The van der Waals surface area contributed by atoms with E-state index in [0.717, 1.165) is 36.4 Å². The Kier molecular flexibility index (Phi) is 13.6. The van der Waals surface area contributed by atoms with Crippen LogP contribution in [0.25, 0.3) is 0 Å². The van der Waals surface area contributed by atoms with Gasteiger partial charge in [-0.3, -0.25) is 9.59 Å². The lowest BCUT2D eigenvalue weighted by Gasteiger charge is -2.34. The normalized spacial score (nSPS) is 13.0. The Hall–Kier alpha value is -7.22. The summed E-state index contributed by atoms with van der Waals surface area (Å²) in [7, 11) is 0. The molecule has 5 aromatic carbocycles. The van der Waals surface area contributed by atoms with Crippen LogP contribution >= 0.6 is 0 Å². The summed E-state index contributed by atoms with van der Waals surface area (Å²) in [6.45, 7) is 6.80. The lowest BCUT2D eigenvalue weighted by Crippen LogP contribution is -2.45. The SMILES string of the molecule is CCCC(CC)(Oc1cc(C(=O)Oc2ccccc2)cc(O)c1O)C(=O)c1cc(O)c(O)c(OC(CC)(CCC)C(=O)c2cc(O)c(O)c(OC(=O)c3ccccc3)c2)c1. The smallest absolute Gasteiger partial charge is 0.343 e. The second-order valence-electron chi connectivity index (χ2n) is 14.0. The molecule has 0 saturated heterocycles. The van der Waals surface area contributed by atoms with Gasteiger partial charge in [0.1, 0.15) is 5.75 Å². The molecule has 60 heavy (non-hydrogen) atoms. The summed E-state index contributed by atoms with van der Waals surface area (Å²) in [5.74, 6) is -9.05. The fourth-order valence-corrected chi connectivity index (χ4v) is 6.78. The lowest BCUT2D eigenvalue weighted by atomic mass is 9.84. The van der Waals surface area contributed by atoms with Crippen molar-refractivity contribution >= 4 is 23.5 Å². The minimum atomic E-state index is -1.82. The molecule has 314 valence electrons. The second kappa shape index (κ2) is 18.6. The molecule has 0 aliphatic carbocycles. The van der Waals surface area contributed by atoms with Gasteiger partial charge < -0.3 is 49.6 Å². The van der Waals surface area contributed by atoms with Crippen LogP contribution in [0.3, 0.4) is 0 Å². The highest BCUT2D eigenvalue weighted by atomic mass is 16.5. The highest BCUT2D eigenvalue weighted by molar-refractivity contribution is 6.05. The number of phenols is 6. The van der Waals surface area contributed by atoms with Gasteiger partial charge >= 0.3 is 11.9 Å². The Bertz CT molecular complexity index is 2380. The number of aromatic hydroxyl groups is 6. The third kappa shape index (κ3) is 9.23. The van der Waals surface area contributed by atoms with Gasteiger partial charge in [-0.15, -0.1) is 0 Å². The van der Waals surface area contributed by atoms with Crippen LogP contribution in [0, 0.1) is 0 Å². The monoisotopic (exact) mass is 822 g/mol. The van der Waals surface area contributed by atoms with Gasteiger partial charge in [0, 0.05) is 11.1 Å². The van der Waals surface area contributed by atoms with Gasteiger partial charge in [0.25, 0.3) is 0 Å². The van der Waals surface area contributed by atoms with E-state index in [0.29, 0.717) is 12.8 Å². The van der Waals surface area contributed by atoms with E-state index in [9.17, 15) is 49.8 Å². The zero-order valence-corrected chi connectivity index (χ0v) is 33.4. The van der Waals surface area contributed by atoms with Crippen LogP contribution in [0.5, 0.6) is 57.5 Å². The molecule has 0 bridgehead atoms. The zero-order valence-electron chi connectivity index (χ0n) is 33.4. The van der Waals surface area contributed by atoms with Gasteiger partial charge in [0.15, 0.2) is 45.7 Å². The molecule has 5 rings (SSSR count). The molecule has 0 spiro atoms. The number of Topliss-reactive ketones (excluding diaryl/α,β-unsaturated/α-hetero) is 2. The standard InChI is InChI=1S/C46H46O14/c1-5-19-45(7-3,41(53)28-21-32(47)38(50)35(24-28)58-43(55)27-15-11-9-12-16-27)59-36-25-29(22-33(48)39(36)51)42(54)46(8-4,20-6-2)60-37-26-30(23-34(49)40(37)52)44(56)57-31-17-13-10-14-18-31/h9-18,21-26,47-52H,5-8,19-20H2,1-4H3. The topological polar surface area (TPSA) is 227 Å². The van der Waals surface area contributed by atoms with Gasteiger partial charge in [-0.2, -0.15) is 0 Å². The molecular formula is C46H46O14. The van der Waals surface area contributed by atoms with E-state index in [1.54, 1.807) is 76.2 Å². The van der Waals surface area contributed by atoms with Crippen molar-refractivity contribution in [3.63, 3.8) is 0 Å². The Morgan fingerprint density at radius 1 is 0.467 bits per heavy atom. The fraction of sp³-hybridized carbons (Fsp3) is 0.261. The zero-order chi connectivity index (χ0) is 43.8. The Morgan fingerprint density at radius 2 is 0.850 bits per heavy atom. The number of ketones is 2. The van der Waals surface area contributed by atoms with Crippen molar-refractivity contribution in [2.75, 3.05) is 0 Å². The van der Waals surface area contributed by atoms with Crippen molar-refractivity contribution in [2.24, 2.45) is 0 Å². The number of hydrogen-bond donors (Lipinski definition) is 6. The number of ether oxygens (including phenoxy) is 4. The average molecular weight is 823 g/mol. The Labute approximate surface area is 345 Å². The van der Waals surface area contributed by atoms with E-state index in [1.807, 2.05) is 0 Å². The van der Waals surface area contributed by atoms with Crippen LogP contribution in [0.2, 0.25) is 0 Å². The predicted octanol–water partition coefficient (Wildman–Crippen LogP) is 8.78. The first kappa shape index (κ1) is 43.9. The van der Waals surface area contributed by atoms with Gasteiger partial charge in [-0.05, 0) is 86.3 Å². The molecule has 2 unspecified atom stereocenters. The summed E-state index contributed by atoms with van der Waals surface area (Å²) in [5.41, 5.74) is -4.13. The Morgan fingerprint density at radius 3 is 1.30 bits per heavy atom. The third-order valence-electron chi connectivity index (χ3n) is 9.98. The van der Waals surface area contributed by atoms with Crippen LogP contribution < -0.4 is 18.9 Å². The second-order valence-corrected chi connectivity index (χ2v) is 14.0. The van der Waals surface area contributed by atoms with Crippen molar-refractivity contribution in [2.45, 2.75) is 77.4 Å². The lowest BCUT2D eigenvalue weighted by molar-refractivity contribution is 0.0353. The van der Waals surface area contributed by atoms with E-state index in [-0.39, 0.29) is 53.7 Å². The van der Waals surface area contributed by atoms with Gasteiger partial charge in [-0.1, -0.05) is 76.9 Å². The van der Waals surface area contributed by atoms with Gasteiger partial charge in [0.05, 0.1) is 11.1 Å². The maximum absolute atomic E-state index is 14.6. The number of para-hydroxylation sites is 1. The molecule has 0 aliphatic rings. The maximum Gasteiger partial charge on any atom is 0.343 e. The minimum absolute atomic E-state index is 0.0190. The van der Waals surface area contributed by atoms with E-state index in [1.165, 1.54) is 12.1 Å².